The molecule has 0 aromatic carbocycles. The number of aliphatic carboxylic acids is 1. The lowest BCUT2D eigenvalue weighted by Gasteiger charge is -2.26. The van der Waals surface area contributed by atoms with Gasteiger partial charge in [0.25, 0.3) is 0 Å². The van der Waals surface area contributed by atoms with Crippen LogP contribution in [0.2, 0.25) is 0 Å². The molecule has 9 heteroatoms. The van der Waals surface area contributed by atoms with Gasteiger partial charge in [0, 0.05) is 25.2 Å². The summed E-state index contributed by atoms with van der Waals surface area (Å²) in [5.74, 6) is -1.43. The third-order valence-corrected chi connectivity index (χ3v) is 4.88. The summed E-state index contributed by atoms with van der Waals surface area (Å²) in [5, 5.41) is 20.0. The van der Waals surface area contributed by atoms with Crippen molar-refractivity contribution in [1.82, 2.24) is 0 Å². The minimum Gasteiger partial charge on any atom is -0.481 e. The number of carbonyl (C=O) groups is 1. The molecule has 0 heterocycles. The van der Waals surface area contributed by atoms with Crippen molar-refractivity contribution in [2.45, 2.75) is 45.3 Å². The van der Waals surface area contributed by atoms with Crippen LogP contribution in [0.1, 0.15) is 34.1 Å². The highest BCUT2D eigenvalue weighted by atomic mass is 31.2. The van der Waals surface area contributed by atoms with E-state index in [1.54, 1.807) is 13.8 Å². The molecule has 0 radical (unpaired) electrons. The van der Waals surface area contributed by atoms with Crippen LogP contribution in [-0.4, -0.2) is 40.4 Å². The first-order valence-corrected chi connectivity index (χ1v) is 7.48. The van der Waals surface area contributed by atoms with E-state index in [1.165, 1.54) is 13.8 Å². The largest absolute Gasteiger partial charge is 0.481 e. The summed E-state index contributed by atoms with van der Waals surface area (Å²) in [6.07, 6.45) is -0.438. The van der Waals surface area contributed by atoms with Crippen molar-refractivity contribution in [2.75, 3.05) is 13.2 Å². The van der Waals surface area contributed by atoms with Crippen molar-refractivity contribution in [2.24, 2.45) is 0 Å². The molecular formula is C10H20NO7P. The van der Waals surface area contributed by atoms with Gasteiger partial charge >= 0.3 is 13.6 Å². The van der Waals surface area contributed by atoms with Crippen LogP contribution in [0, 0.1) is 10.1 Å². The van der Waals surface area contributed by atoms with Crippen molar-refractivity contribution < 1.29 is 28.4 Å². The lowest BCUT2D eigenvalue weighted by atomic mass is 9.99. The molecule has 8 nitrogen and oxygen atoms in total. The quantitative estimate of drug-likeness (QED) is 0.393. The number of nitro groups is 1. The minimum atomic E-state index is -3.93. The number of hydrogen-bond donors (Lipinski definition) is 1. The van der Waals surface area contributed by atoms with E-state index in [0.717, 1.165) is 0 Å². The fraction of sp³-hybridized carbons (Fsp3) is 0.900. The highest BCUT2D eigenvalue weighted by Crippen LogP contribution is 2.55. The van der Waals surface area contributed by atoms with Gasteiger partial charge in [0.05, 0.1) is 13.2 Å². The predicted molar refractivity (Wildman–Crippen MR) is 68.0 cm³/mol. The van der Waals surface area contributed by atoms with Crippen LogP contribution in [0.5, 0.6) is 0 Å². The molecule has 0 aromatic heterocycles. The Kier molecular flexibility index (Phi) is 6.62. The van der Waals surface area contributed by atoms with E-state index in [4.69, 9.17) is 14.2 Å². The molecule has 0 fully saturated rings. The molecule has 0 aliphatic carbocycles. The van der Waals surface area contributed by atoms with Crippen LogP contribution in [0.4, 0.5) is 0 Å². The third kappa shape index (κ3) is 4.89. The van der Waals surface area contributed by atoms with E-state index in [9.17, 15) is 19.5 Å². The molecular weight excluding hydrogens is 277 g/mol. The summed E-state index contributed by atoms with van der Waals surface area (Å²) in [5.41, 5.74) is -3.10. The van der Waals surface area contributed by atoms with Gasteiger partial charge in [0.15, 0.2) is 5.66 Å². The van der Waals surface area contributed by atoms with E-state index in [-0.39, 0.29) is 13.2 Å². The monoisotopic (exact) mass is 297 g/mol. The number of carboxylic acids is 1. The van der Waals surface area contributed by atoms with Gasteiger partial charge in [-0.2, -0.15) is 0 Å². The van der Waals surface area contributed by atoms with Crippen molar-refractivity contribution >= 4 is 13.6 Å². The smallest absolute Gasteiger partial charge is 0.345 e. The first kappa shape index (κ1) is 18.0. The highest BCUT2D eigenvalue weighted by molar-refractivity contribution is 7.55. The van der Waals surface area contributed by atoms with Crippen LogP contribution in [0.15, 0.2) is 0 Å². The molecule has 112 valence electrons. The lowest BCUT2D eigenvalue weighted by molar-refractivity contribution is -0.561. The van der Waals surface area contributed by atoms with Crippen LogP contribution >= 0.6 is 7.60 Å². The van der Waals surface area contributed by atoms with Crippen molar-refractivity contribution in [3.05, 3.63) is 10.1 Å². The molecule has 0 amide bonds. The van der Waals surface area contributed by atoms with E-state index in [0.29, 0.717) is 0 Å². The van der Waals surface area contributed by atoms with Crippen molar-refractivity contribution in [3.8, 4) is 0 Å². The van der Waals surface area contributed by atoms with Gasteiger partial charge in [-0.25, -0.2) is 0 Å². The zero-order chi connectivity index (χ0) is 15.3. The molecule has 1 atom stereocenters. The van der Waals surface area contributed by atoms with Crippen molar-refractivity contribution in [1.29, 1.82) is 0 Å². The molecule has 0 saturated carbocycles. The second-order valence-corrected chi connectivity index (χ2v) is 6.72. The van der Waals surface area contributed by atoms with Gasteiger partial charge in [-0.15, -0.1) is 0 Å². The predicted octanol–water partition coefficient (Wildman–Crippen LogP) is 2.15. The van der Waals surface area contributed by atoms with Gasteiger partial charge in [-0.1, -0.05) is 0 Å². The molecule has 0 saturated heterocycles. The Morgan fingerprint density at radius 3 is 2.05 bits per heavy atom. The van der Waals surface area contributed by atoms with Gasteiger partial charge < -0.3 is 14.2 Å². The maximum absolute atomic E-state index is 12.4. The maximum Gasteiger partial charge on any atom is 0.345 e. The van der Waals surface area contributed by atoms with Crippen LogP contribution in [-0.2, 0) is 18.4 Å². The average Bonchev–Trinajstić information content (AvgIpc) is 2.26. The Morgan fingerprint density at radius 1 is 1.37 bits per heavy atom. The third-order valence-electron chi connectivity index (χ3n) is 2.47. The molecule has 1 unspecified atom stereocenters. The summed E-state index contributed by atoms with van der Waals surface area (Å²) in [6.45, 7) is 5.63. The Labute approximate surface area is 111 Å². The fourth-order valence-corrected chi connectivity index (χ4v) is 3.55. The Bertz CT molecular complexity index is 372. The molecule has 1 N–H and O–H groups in total. The van der Waals surface area contributed by atoms with Crippen LogP contribution in [0.3, 0.4) is 0 Å². The summed E-state index contributed by atoms with van der Waals surface area (Å²) >= 11 is 0. The lowest BCUT2D eigenvalue weighted by Crippen LogP contribution is -2.38. The Morgan fingerprint density at radius 2 is 1.79 bits per heavy atom. The SMILES string of the molecule is CCOP(=O)(OCC)C(CC(C)(C)[N+](=O)[O-])C(=O)O. The van der Waals surface area contributed by atoms with Gasteiger partial charge in [-0.3, -0.25) is 19.5 Å². The average molecular weight is 297 g/mol. The molecule has 0 rings (SSSR count). The maximum atomic E-state index is 12.4. The summed E-state index contributed by atoms with van der Waals surface area (Å²) in [7, 11) is -3.93. The molecule has 0 bridgehead atoms. The zero-order valence-electron chi connectivity index (χ0n) is 11.5. The zero-order valence-corrected chi connectivity index (χ0v) is 12.4. The molecule has 0 spiro atoms. The molecule has 19 heavy (non-hydrogen) atoms. The number of hydrogen-bond acceptors (Lipinski definition) is 6. The van der Waals surface area contributed by atoms with E-state index < -0.39 is 36.1 Å². The van der Waals surface area contributed by atoms with E-state index in [1.807, 2.05) is 0 Å². The first-order valence-electron chi connectivity index (χ1n) is 5.86. The highest BCUT2D eigenvalue weighted by Gasteiger charge is 2.48. The molecule has 0 aliphatic rings. The van der Waals surface area contributed by atoms with Crippen LogP contribution in [0.25, 0.3) is 0 Å². The van der Waals surface area contributed by atoms with Gasteiger partial charge in [-0.05, 0) is 13.8 Å². The number of carboxylic acid groups (broad SMARTS) is 1. The topological polar surface area (TPSA) is 116 Å². The minimum absolute atomic E-state index is 0.0000490. The van der Waals surface area contributed by atoms with Gasteiger partial charge in [0.1, 0.15) is 0 Å². The Hall–Kier alpha value is -0.980. The summed E-state index contributed by atoms with van der Waals surface area (Å²) < 4.78 is 22.3. The van der Waals surface area contributed by atoms with Crippen molar-refractivity contribution in [3.63, 3.8) is 0 Å². The molecule has 0 aliphatic heterocycles. The second kappa shape index (κ2) is 6.98. The normalized spacial score (nSPS) is 14.1. The molecule has 0 aromatic rings. The van der Waals surface area contributed by atoms with Crippen LogP contribution < -0.4 is 0 Å². The Balaban J connectivity index is 5.34. The second-order valence-electron chi connectivity index (χ2n) is 4.50. The van der Waals surface area contributed by atoms with Gasteiger partial charge in [0.2, 0.25) is 5.54 Å². The number of rotatable bonds is 9. The fourth-order valence-electron chi connectivity index (χ4n) is 1.46. The standard InChI is InChI=1S/C10H20NO7P/c1-5-17-19(16,18-6-2)8(9(12)13)7-10(3,4)11(14)15/h8H,5-7H2,1-4H3,(H,12,13). The van der Waals surface area contributed by atoms with E-state index in [2.05, 4.69) is 0 Å². The summed E-state index contributed by atoms with van der Waals surface area (Å²) in [4.78, 5) is 21.5. The number of nitrogens with zero attached hydrogens (tertiary/aromatic N) is 1. The van der Waals surface area contributed by atoms with E-state index >= 15 is 0 Å². The first-order chi connectivity index (χ1) is 8.60. The summed E-state index contributed by atoms with van der Waals surface area (Å²) in [6, 6.07) is 0.